The minimum atomic E-state index is -0.247. The summed E-state index contributed by atoms with van der Waals surface area (Å²) >= 11 is 0. The van der Waals surface area contributed by atoms with Gasteiger partial charge in [-0.3, -0.25) is 4.79 Å². The average Bonchev–Trinajstić information content (AvgIpc) is 2.86. The summed E-state index contributed by atoms with van der Waals surface area (Å²) in [5, 5.41) is 0. The van der Waals surface area contributed by atoms with Crippen LogP contribution in [0.4, 0.5) is 10.2 Å². The summed E-state index contributed by atoms with van der Waals surface area (Å²) in [5.74, 6) is 1.61. The van der Waals surface area contributed by atoms with Gasteiger partial charge in [-0.15, -0.1) is 0 Å². The molecule has 2 aromatic rings. The number of unbranched alkanes of at least 4 members (excludes halogenated alkanes) is 5. The topological polar surface area (TPSA) is 58.6 Å². The molecule has 7 heteroatoms. The Morgan fingerprint density at radius 3 is 2.65 bits per heavy atom. The number of carbonyl (C=O) groups is 1. The fourth-order valence-corrected chi connectivity index (χ4v) is 4.82. The Morgan fingerprint density at radius 2 is 1.85 bits per heavy atom. The first-order chi connectivity index (χ1) is 16.6. The predicted octanol–water partition coefficient (Wildman–Crippen LogP) is 4.68. The Hall–Kier alpha value is -2.54. The van der Waals surface area contributed by atoms with Crippen LogP contribution in [-0.4, -0.2) is 53.6 Å². The summed E-state index contributed by atoms with van der Waals surface area (Å²) in [6, 6.07) is 6.62. The highest BCUT2D eigenvalue weighted by atomic mass is 19.1. The van der Waals surface area contributed by atoms with E-state index in [0.717, 1.165) is 55.0 Å². The summed E-state index contributed by atoms with van der Waals surface area (Å²) in [4.78, 5) is 27.0. The quantitative estimate of drug-likeness (QED) is 0.474. The Labute approximate surface area is 202 Å². The molecule has 0 bridgehead atoms. The number of aromatic nitrogens is 2. The number of hydrogen-bond donors (Lipinski definition) is 0. The molecule has 6 nitrogen and oxygen atoms in total. The molecule has 3 heterocycles. The second-order valence-electron chi connectivity index (χ2n) is 9.38. The molecule has 0 saturated carbocycles. The smallest absolute Gasteiger partial charge is 0.222 e. The Kier molecular flexibility index (Phi) is 8.85. The summed E-state index contributed by atoms with van der Waals surface area (Å²) in [6.07, 6.45) is 8.93. The van der Waals surface area contributed by atoms with Crippen molar-refractivity contribution >= 4 is 11.7 Å². The number of halogens is 1. The monoisotopic (exact) mass is 468 g/mol. The van der Waals surface area contributed by atoms with Crippen molar-refractivity contribution in [1.82, 2.24) is 14.9 Å². The Bertz CT molecular complexity index is 962. The molecule has 1 saturated heterocycles. The molecule has 0 spiro atoms. The molecule has 4 rings (SSSR count). The second kappa shape index (κ2) is 12.2. The third-order valence-corrected chi connectivity index (χ3v) is 6.74. The maximum absolute atomic E-state index is 13.7. The van der Waals surface area contributed by atoms with E-state index < -0.39 is 0 Å². The number of fused-ring (bicyclic) bond motifs is 1. The molecule has 2 aliphatic rings. The van der Waals surface area contributed by atoms with Crippen LogP contribution in [0.1, 0.15) is 74.5 Å². The Morgan fingerprint density at radius 1 is 1.06 bits per heavy atom. The maximum Gasteiger partial charge on any atom is 0.222 e. The molecule has 184 valence electrons. The van der Waals surface area contributed by atoms with Gasteiger partial charge in [0.15, 0.2) is 0 Å². The molecule has 2 aliphatic heterocycles. The molecule has 1 aromatic carbocycles. The summed E-state index contributed by atoms with van der Waals surface area (Å²) in [5.41, 5.74) is 2.94. The van der Waals surface area contributed by atoms with Gasteiger partial charge < -0.3 is 14.5 Å². The molecule has 0 unspecified atom stereocenters. The van der Waals surface area contributed by atoms with Gasteiger partial charge in [0.2, 0.25) is 5.91 Å². The summed E-state index contributed by atoms with van der Waals surface area (Å²) in [6.45, 7) is 6.36. The first-order valence-corrected chi connectivity index (χ1v) is 12.9. The predicted molar refractivity (Wildman–Crippen MR) is 131 cm³/mol. The highest BCUT2D eigenvalue weighted by Crippen LogP contribution is 2.28. The van der Waals surface area contributed by atoms with Gasteiger partial charge in [-0.05, 0) is 24.1 Å². The molecule has 34 heavy (non-hydrogen) atoms. The van der Waals surface area contributed by atoms with E-state index in [0.29, 0.717) is 45.0 Å². The van der Waals surface area contributed by atoms with Gasteiger partial charge in [0.25, 0.3) is 0 Å². The number of ether oxygens (including phenoxy) is 1. The highest BCUT2D eigenvalue weighted by molar-refractivity contribution is 5.76. The van der Waals surface area contributed by atoms with E-state index in [1.54, 1.807) is 12.1 Å². The van der Waals surface area contributed by atoms with Crippen LogP contribution in [0.15, 0.2) is 24.3 Å². The molecule has 0 radical (unpaired) electrons. The number of rotatable bonds is 10. The standard InChI is InChI=1S/C27H37FN4O2/c1-2-3-4-5-6-7-11-26(33)32-13-12-24-23(20-32)27(31-14-16-34-17-15-31)30-25(29-24)19-21-9-8-10-22(28)18-21/h8-10,18H,2-7,11-17,19-20H2,1H3. The molecular weight excluding hydrogens is 431 g/mol. The van der Waals surface area contributed by atoms with Gasteiger partial charge in [0, 0.05) is 44.5 Å². The number of anilines is 1. The van der Waals surface area contributed by atoms with E-state index in [4.69, 9.17) is 14.7 Å². The fraction of sp³-hybridized carbons (Fsp3) is 0.593. The van der Waals surface area contributed by atoms with Gasteiger partial charge in [-0.1, -0.05) is 51.2 Å². The molecule has 0 aliphatic carbocycles. The lowest BCUT2D eigenvalue weighted by Gasteiger charge is -2.34. The molecular formula is C27H37FN4O2. The lowest BCUT2D eigenvalue weighted by atomic mass is 10.0. The van der Waals surface area contributed by atoms with Crippen LogP contribution >= 0.6 is 0 Å². The van der Waals surface area contributed by atoms with Gasteiger partial charge in [0.05, 0.1) is 25.5 Å². The van der Waals surface area contributed by atoms with Crippen LogP contribution < -0.4 is 4.90 Å². The molecule has 0 N–H and O–H groups in total. The summed E-state index contributed by atoms with van der Waals surface area (Å²) < 4.78 is 19.2. The van der Waals surface area contributed by atoms with E-state index in [2.05, 4.69) is 11.8 Å². The normalized spacial score (nSPS) is 15.9. The minimum Gasteiger partial charge on any atom is -0.378 e. The van der Waals surface area contributed by atoms with Crippen molar-refractivity contribution in [2.45, 2.75) is 71.3 Å². The van der Waals surface area contributed by atoms with Crippen molar-refractivity contribution in [3.05, 3.63) is 52.7 Å². The lowest BCUT2D eigenvalue weighted by Crippen LogP contribution is -2.41. The number of morpholine rings is 1. The first kappa shape index (κ1) is 24.6. The van der Waals surface area contributed by atoms with Gasteiger partial charge in [0.1, 0.15) is 17.5 Å². The first-order valence-electron chi connectivity index (χ1n) is 12.9. The zero-order valence-electron chi connectivity index (χ0n) is 20.4. The zero-order valence-corrected chi connectivity index (χ0v) is 20.4. The van der Waals surface area contributed by atoms with E-state index >= 15 is 0 Å². The minimum absolute atomic E-state index is 0.234. The van der Waals surface area contributed by atoms with Crippen molar-refractivity contribution in [3.8, 4) is 0 Å². The van der Waals surface area contributed by atoms with Crippen molar-refractivity contribution in [2.75, 3.05) is 37.7 Å². The van der Waals surface area contributed by atoms with Gasteiger partial charge >= 0.3 is 0 Å². The average molecular weight is 469 g/mol. The van der Waals surface area contributed by atoms with Crippen LogP contribution in [0, 0.1) is 5.82 Å². The number of nitrogens with zero attached hydrogens (tertiary/aromatic N) is 4. The number of carbonyl (C=O) groups excluding carboxylic acids is 1. The van der Waals surface area contributed by atoms with E-state index in [9.17, 15) is 9.18 Å². The third kappa shape index (κ3) is 6.53. The van der Waals surface area contributed by atoms with Crippen LogP contribution in [0.25, 0.3) is 0 Å². The SMILES string of the molecule is CCCCCCCCC(=O)N1CCc2nc(Cc3cccc(F)c3)nc(N3CCOCC3)c2C1. The molecule has 1 aromatic heterocycles. The van der Waals surface area contributed by atoms with Gasteiger partial charge in [-0.2, -0.15) is 0 Å². The number of amides is 1. The fourth-order valence-electron chi connectivity index (χ4n) is 4.82. The Balaban J connectivity index is 1.48. The molecule has 1 amide bonds. The third-order valence-electron chi connectivity index (χ3n) is 6.74. The number of benzene rings is 1. The van der Waals surface area contributed by atoms with Crippen LogP contribution in [-0.2, 0) is 28.9 Å². The largest absolute Gasteiger partial charge is 0.378 e. The highest BCUT2D eigenvalue weighted by Gasteiger charge is 2.28. The van der Waals surface area contributed by atoms with Crippen molar-refractivity contribution in [2.24, 2.45) is 0 Å². The number of hydrogen-bond acceptors (Lipinski definition) is 5. The maximum atomic E-state index is 13.7. The lowest BCUT2D eigenvalue weighted by molar-refractivity contribution is -0.132. The van der Waals surface area contributed by atoms with Crippen molar-refractivity contribution < 1.29 is 13.9 Å². The van der Waals surface area contributed by atoms with Crippen LogP contribution in [0.2, 0.25) is 0 Å². The molecule has 1 fully saturated rings. The second-order valence-corrected chi connectivity index (χ2v) is 9.38. The summed E-state index contributed by atoms with van der Waals surface area (Å²) in [7, 11) is 0. The van der Waals surface area contributed by atoms with E-state index in [1.165, 1.54) is 31.7 Å². The van der Waals surface area contributed by atoms with Crippen molar-refractivity contribution in [3.63, 3.8) is 0 Å². The zero-order chi connectivity index (χ0) is 23.8. The van der Waals surface area contributed by atoms with E-state index in [1.807, 2.05) is 11.0 Å². The van der Waals surface area contributed by atoms with Crippen LogP contribution in [0.3, 0.4) is 0 Å². The molecule has 0 atom stereocenters. The van der Waals surface area contributed by atoms with Crippen LogP contribution in [0.5, 0.6) is 0 Å². The van der Waals surface area contributed by atoms with Gasteiger partial charge in [-0.25, -0.2) is 14.4 Å². The van der Waals surface area contributed by atoms with Crippen molar-refractivity contribution in [1.29, 1.82) is 0 Å². The van der Waals surface area contributed by atoms with E-state index in [-0.39, 0.29) is 11.7 Å².